The number of ether oxygens (including phenoxy) is 4. The highest BCUT2D eigenvalue weighted by Gasteiger charge is 2.13. The number of benzene rings is 3. The lowest BCUT2D eigenvalue weighted by Gasteiger charge is -2.26. The van der Waals surface area contributed by atoms with Crippen molar-refractivity contribution in [1.82, 2.24) is 4.90 Å². The highest BCUT2D eigenvalue weighted by atomic mass is 16.5. The summed E-state index contributed by atoms with van der Waals surface area (Å²) in [5, 5.41) is 0. The van der Waals surface area contributed by atoms with Crippen LogP contribution in [0.2, 0.25) is 0 Å². The molecule has 1 fully saturated rings. The zero-order valence-electron chi connectivity index (χ0n) is 22.6. The summed E-state index contributed by atoms with van der Waals surface area (Å²) in [4.78, 5) is 14.1. The second-order valence-corrected chi connectivity index (χ2v) is 9.36. The second kappa shape index (κ2) is 13.8. The van der Waals surface area contributed by atoms with Crippen molar-refractivity contribution in [1.29, 1.82) is 0 Å². The molecular formula is C32H37NO5. The van der Waals surface area contributed by atoms with Crippen LogP contribution in [0.4, 0.5) is 0 Å². The van der Waals surface area contributed by atoms with E-state index in [0.717, 1.165) is 67.5 Å². The minimum atomic E-state index is -0.244. The van der Waals surface area contributed by atoms with E-state index in [9.17, 15) is 4.79 Å². The van der Waals surface area contributed by atoms with Crippen LogP contribution in [0.1, 0.15) is 37.0 Å². The SMILES string of the molecule is CCC(=O)Oc1ccc(/C(=C(/C)Cc2cccc(OC)c2)c2ccc(OCCN3CCOCC3)cc2)cc1. The Bertz CT molecular complexity index is 1210. The smallest absolute Gasteiger partial charge is 0.310 e. The van der Waals surface area contributed by atoms with E-state index in [1.165, 1.54) is 11.1 Å². The minimum absolute atomic E-state index is 0.244. The maximum absolute atomic E-state index is 11.7. The molecular weight excluding hydrogens is 478 g/mol. The molecule has 4 rings (SSSR count). The molecule has 38 heavy (non-hydrogen) atoms. The summed E-state index contributed by atoms with van der Waals surface area (Å²) in [5.41, 5.74) is 5.70. The Kier molecular flexibility index (Phi) is 9.96. The molecule has 0 radical (unpaired) electrons. The third kappa shape index (κ3) is 7.70. The van der Waals surface area contributed by atoms with Gasteiger partial charge in [0.25, 0.3) is 0 Å². The first-order valence-corrected chi connectivity index (χ1v) is 13.2. The van der Waals surface area contributed by atoms with Gasteiger partial charge in [0.1, 0.15) is 23.9 Å². The topological polar surface area (TPSA) is 57.2 Å². The average molecular weight is 516 g/mol. The van der Waals surface area contributed by atoms with Gasteiger partial charge in [-0.05, 0) is 72.0 Å². The van der Waals surface area contributed by atoms with Crippen LogP contribution >= 0.6 is 0 Å². The van der Waals surface area contributed by atoms with E-state index in [1.807, 2.05) is 48.5 Å². The molecule has 1 aliphatic rings. The van der Waals surface area contributed by atoms with Gasteiger partial charge in [-0.15, -0.1) is 0 Å². The summed E-state index contributed by atoms with van der Waals surface area (Å²) >= 11 is 0. The number of carbonyl (C=O) groups excluding carboxylic acids is 1. The number of nitrogens with zero attached hydrogens (tertiary/aromatic N) is 1. The highest BCUT2D eigenvalue weighted by molar-refractivity contribution is 5.83. The van der Waals surface area contributed by atoms with E-state index >= 15 is 0 Å². The second-order valence-electron chi connectivity index (χ2n) is 9.36. The first-order valence-electron chi connectivity index (χ1n) is 13.2. The van der Waals surface area contributed by atoms with Crippen molar-refractivity contribution in [3.63, 3.8) is 0 Å². The van der Waals surface area contributed by atoms with Crippen LogP contribution in [0.25, 0.3) is 5.57 Å². The fourth-order valence-electron chi connectivity index (χ4n) is 4.56. The van der Waals surface area contributed by atoms with Gasteiger partial charge in [0.15, 0.2) is 0 Å². The van der Waals surface area contributed by atoms with Crippen LogP contribution in [-0.4, -0.2) is 57.4 Å². The van der Waals surface area contributed by atoms with Crippen LogP contribution < -0.4 is 14.2 Å². The maximum atomic E-state index is 11.7. The van der Waals surface area contributed by atoms with Crippen LogP contribution in [0.5, 0.6) is 17.2 Å². The molecule has 3 aromatic rings. The lowest BCUT2D eigenvalue weighted by Crippen LogP contribution is -2.38. The molecule has 0 bridgehead atoms. The van der Waals surface area contributed by atoms with Gasteiger partial charge in [0.05, 0.1) is 20.3 Å². The van der Waals surface area contributed by atoms with E-state index in [0.29, 0.717) is 18.8 Å². The first-order chi connectivity index (χ1) is 18.6. The fourth-order valence-corrected chi connectivity index (χ4v) is 4.56. The third-order valence-electron chi connectivity index (χ3n) is 6.62. The molecule has 1 heterocycles. The monoisotopic (exact) mass is 515 g/mol. The summed E-state index contributed by atoms with van der Waals surface area (Å²) in [5.74, 6) is 2.01. The molecule has 0 aromatic heterocycles. The van der Waals surface area contributed by atoms with Crippen LogP contribution in [0.15, 0.2) is 78.4 Å². The summed E-state index contributed by atoms with van der Waals surface area (Å²) in [6.07, 6.45) is 1.12. The summed E-state index contributed by atoms with van der Waals surface area (Å²) in [6.45, 7) is 8.99. The Morgan fingerprint density at radius 1 is 0.895 bits per heavy atom. The number of rotatable bonds is 11. The van der Waals surface area contributed by atoms with E-state index in [2.05, 4.69) is 36.1 Å². The quantitative estimate of drug-likeness (QED) is 0.238. The number of hydrogen-bond acceptors (Lipinski definition) is 6. The van der Waals surface area contributed by atoms with Gasteiger partial charge < -0.3 is 18.9 Å². The molecule has 0 atom stereocenters. The molecule has 0 unspecified atom stereocenters. The minimum Gasteiger partial charge on any atom is -0.497 e. The number of methoxy groups -OCH3 is 1. The van der Waals surface area contributed by atoms with E-state index in [4.69, 9.17) is 18.9 Å². The molecule has 0 spiro atoms. The summed E-state index contributed by atoms with van der Waals surface area (Å²) < 4.78 is 22.3. The molecule has 0 N–H and O–H groups in total. The Hall–Kier alpha value is -3.61. The molecule has 0 aliphatic carbocycles. The van der Waals surface area contributed by atoms with E-state index in [-0.39, 0.29) is 5.97 Å². The average Bonchev–Trinajstić information content (AvgIpc) is 2.95. The molecule has 3 aromatic carbocycles. The Morgan fingerprint density at radius 2 is 1.55 bits per heavy atom. The normalized spacial score (nSPS) is 14.5. The maximum Gasteiger partial charge on any atom is 0.310 e. The molecule has 200 valence electrons. The van der Waals surface area contributed by atoms with Crippen molar-refractivity contribution in [2.45, 2.75) is 26.7 Å². The van der Waals surface area contributed by atoms with Gasteiger partial charge in [0.2, 0.25) is 0 Å². The van der Waals surface area contributed by atoms with Gasteiger partial charge in [-0.2, -0.15) is 0 Å². The van der Waals surface area contributed by atoms with Crippen molar-refractivity contribution in [2.75, 3.05) is 46.6 Å². The van der Waals surface area contributed by atoms with Gasteiger partial charge in [-0.1, -0.05) is 48.9 Å². The molecule has 0 saturated carbocycles. The summed E-state index contributed by atoms with van der Waals surface area (Å²) in [7, 11) is 1.69. The standard InChI is InChI=1S/C32H37NO5/c1-4-31(34)38-29-14-10-27(11-15-29)32(24(2)22-25-6-5-7-30(23-25)35-3)26-8-12-28(13-9-26)37-21-18-33-16-19-36-20-17-33/h5-15,23H,4,16-22H2,1-3H3/b32-24-. The van der Waals surface area contributed by atoms with Crippen LogP contribution in [0, 0.1) is 0 Å². The molecule has 0 amide bonds. The van der Waals surface area contributed by atoms with Gasteiger partial charge in [-0.3, -0.25) is 9.69 Å². The zero-order chi connectivity index (χ0) is 26.7. The Labute approximate surface area is 225 Å². The first kappa shape index (κ1) is 27.4. The fraction of sp³-hybridized carbons (Fsp3) is 0.344. The van der Waals surface area contributed by atoms with Crippen LogP contribution in [-0.2, 0) is 16.0 Å². The predicted octanol–water partition coefficient (Wildman–Crippen LogP) is 5.79. The Balaban J connectivity index is 1.55. The summed E-state index contributed by atoms with van der Waals surface area (Å²) in [6, 6.07) is 24.2. The highest BCUT2D eigenvalue weighted by Crippen LogP contribution is 2.31. The Morgan fingerprint density at radius 3 is 2.18 bits per heavy atom. The van der Waals surface area contributed by atoms with Crippen molar-refractivity contribution in [3.05, 3.63) is 95.1 Å². The predicted molar refractivity (Wildman–Crippen MR) is 150 cm³/mol. The van der Waals surface area contributed by atoms with Gasteiger partial charge in [0, 0.05) is 26.1 Å². The molecule has 1 aliphatic heterocycles. The van der Waals surface area contributed by atoms with Gasteiger partial charge in [-0.25, -0.2) is 0 Å². The largest absolute Gasteiger partial charge is 0.497 e. The van der Waals surface area contributed by atoms with Gasteiger partial charge >= 0.3 is 5.97 Å². The number of carbonyl (C=O) groups is 1. The lowest BCUT2D eigenvalue weighted by molar-refractivity contribution is -0.134. The zero-order valence-corrected chi connectivity index (χ0v) is 22.6. The molecule has 6 heteroatoms. The lowest BCUT2D eigenvalue weighted by atomic mass is 9.90. The van der Waals surface area contributed by atoms with Crippen molar-refractivity contribution in [2.24, 2.45) is 0 Å². The molecule has 6 nitrogen and oxygen atoms in total. The van der Waals surface area contributed by atoms with E-state index < -0.39 is 0 Å². The van der Waals surface area contributed by atoms with Crippen molar-refractivity contribution < 1.29 is 23.7 Å². The van der Waals surface area contributed by atoms with E-state index in [1.54, 1.807) is 14.0 Å². The molecule has 1 saturated heterocycles. The van der Waals surface area contributed by atoms with Crippen LogP contribution in [0.3, 0.4) is 0 Å². The van der Waals surface area contributed by atoms with Crippen molar-refractivity contribution >= 4 is 11.5 Å². The number of allylic oxidation sites excluding steroid dienone is 1. The third-order valence-corrected chi connectivity index (χ3v) is 6.62. The van der Waals surface area contributed by atoms with Crippen molar-refractivity contribution in [3.8, 4) is 17.2 Å². The number of hydrogen-bond donors (Lipinski definition) is 0. The number of esters is 1. The number of morpholine rings is 1.